The van der Waals surface area contributed by atoms with Crippen LogP contribution < -0.4 is 0 Å². The first kappa shape index (κ1) is 14.3. The van der Waals surface area contributed by atoms with Gasteiger partial charge in [0.2, 0.25) is 12.6 Å². The summed E-state index contributed by atoms with van der Waals surface area (Å²) in [5, 5.41) is 0. The van der Waals surface area contributed by atoms with Crippen LogP contribution in [-0.4, -0.2) is 38.0 Å². The van der Waals surface area contributed by atoms with Gasteiger partial charge in [0.05, 0.1) is 25.4 Å². The predicted octanol–water partition coefficient (Wildman–Crippen LogP) is 2.85. The fraction of sp³-hybridized carbons (Fsp3) is 1.00. The van der Waals surface area contributed by atoms with E-state index in [1.807, 2.05) is 0 Å². The number of hydrogen-bond donors (Lipinski definition) is 0. The fourth-order valence-corrected chi connectivity index (χ4v) is 2.60. The highest BCUT2D eigenvalue weighted by molar-refractivity contribution is 4.79. The average Bonchev–Trinajstić information content (AvgIpc) is 2.99. The second kappa shape index (κ2) is 7.43. The molecule has 106 valence electrons. The summed E-state index contributed by atoms with van der Waals surface area (Å²) in [7, 11) is 0. The minimum Gasteiger partial charge on any atom is -0.346 e. The van der Waals surface area contributed by atoms with E-state index in [1.54, 1.807) is 0 Å². The molecular formula is C14H26O4. The summed E-state index contributed by atoms with van der Waals surface area (Å²) in [4.78, 5) is 0. The van der Waals surface area contributed by atoms with E-state index in [2.05, 4.69) is 13.8 Å². The lowest BCUT2D eigenvalue weighted by atomic mass is 10.0. The third-order valence-electron chi connectivity index (χ3n) is 3.57. The van der Waals surface area contributed by atoms with Gasteiger partial charge in [-0.1, -0.05) is 39.5 Å². The SMILES string of the molecule is CCCCCC1OC(C2OCCO2)OC1CCC. The highest BCUT2D eigenvalue weighted by Gasteiger charge is 2.41. The third-order valence-corrected chi connectivity index (χ3v) is 3.57. The van der Waals surface area contributed by atoms with Gasteiger partial charge in [-0.15, -0.1) is 0 Å². The van der Waals surface area contributed by atoms with Crippen molar-refractivity contribution in [1.29, 1.82) is 0 Å². The van der Waals surface area contributed by atoms with Gasteiger partial charge in [0.15, 0.2) is 0 Å². The highest BCUT2D eigenvalue weighted by atomic mass is 16.8. The van der Waals surface area contributed by atoms with Crippen LogP contribution in [0.15, 0.2) is 0 Å². The Bertz CT molecular complexity index is 228. The quantitative estimate of drug-likeness (QED) is 0.658. The molecule has 0 spiro atoms. The Hall–Kier alpha value is -0.160. The summed E-state index contributed by atoms with van der Waals surface area (Å²) in [5.74, 6) is 0. The molecule has 0 amide bonds. The summed E-state index contributed by atoms with van der Waals surface area (Å²) < 4.78 is 22.9. The lowest BCUT2D eigenvalue weighted by Gasteiger charge is -2.16. The van der Waals surface area contributed by atoms with E-state index >= 15 is 0 Å². The van der Waals surface area contributed by atoms with Gasteiger partial charge in [0.1, 0.15) is 0 Å². The van der Waals surface area contributed by atoms with Crippen LogP contribution in [-0.2, 0) is 18.9 Å². The average molecular weight is 258 g/mol. The zero-order chi connectivity index (χ0) is 12.8. The molecule has 0 saturated carbocycles. The number of rotatable bonds is 7. The van der Waals surface area contributed by atoms with Crippen LogP contribution in [0.3, 0.4) is 0 Å². The molecular weight excluding hydrogens is 232 g/mol. The van der Waals surface area contributed by atoms with Crippen LogP contribution in [0.4, 0.5) is 0 Å². The lowest BCUT2D eigenvalue weighted by molar-refractivity contribution is -0.212. The van der Waals surface area contributed by atoms with Crippen LogP contribution >= 0.6 is 0 Å². The molecule has 18 heavy (non-hydrogen) atoms. The molecule has 0 aliphatic carbocycles. The topological polar surface area (TPSA) is 36.9 Å². The minimum absolute atomic E-state index is 0.213. The van der Waals surface area contributed by atoms with Gasteiger partial charge in [-0.2, -0.15) is 0 Å². The second-order valence-corrected chi connectivity index (χ2v) is 5.11. The van der Waals surface area contributed by atoms with Gasteiger partial charge >= 0.3 is 0 Å². The van der Waals surface area contributed by atoms with Crippen molar-refractivity contribution in [2.45, 2.75) is 77.2 Å². The Kier molecular flexibility index (Phi) is 5.89. The monoisotopic (exact) mass is 258 g/mol. The van der Waals surface area contributed by atoms with Crippen molar-refractivity contribution in [3.8, 4) is 0 Å². The largest absolute Gasteiger partial charge is 0.346 e. The summed E-state index contributed by atoms with van der Waals surface area (Å²) in [6.45, 7) is 5.70. The molecule has 0 aromatic carbocycles. The van der Waals surface area contributed by atoms with Crippen molar-refractivity contribution in [2.75, 3.05) is 13.2 Å². The molecule has 2 rings (SSSR count). The van der Waals surface area contributed by atoms with Gasteiger partial charge in [-0.3, -0.25) is 0 Å². The van der Waals surface area contributed by atoms with Gasteiger partial charge in [-0.25, -0.2) is 0 Å². The molecule has 2 aliphatic rings. The molecule has 2 aliphatic heterocycles. The Morgan fingerprint density at radius 2 is 1.44 bits per heavy atom. The van der Waals surface area contributed by atoms with Crippen LogP contribution in [0.5, 0.6) is 0 Å². The number of ether oxygens (including phenoxy) is 4. The molecule has 4 heteroatoms. The zero-order valence-corrected chi connectivity index (χ0v) is 11.6. The second-order valence-electron chi connectivity index (χ2n) is 5.11. The van der Waals surface area contributed by atoms with Gasteiger partial charge in [0, 0.05) is 0 Å². The Morgan fingerprint density at radius 1 is 0.778 bits per heavy atom. The van der Waals surface area contributed by atoms with Gasteiger partial charge in [0.25, 0.3) is 0 Å². The van der Waals surface area contributed by atoms with Crippen molar-refractivity contribution < 1.29 is 18.9 Å². The zero-order valence-electron chi connectivity index (χ0n) is 11.6. The molecule has 0 aromatic heterocycles. The fourth-order valence-electron chi connectivity index (χ4n) is 2.60. The highest BCUT2D eigenvalue weighted by Crippen LogP contribution is 2.30. The van der Waals surface area contributed by atoms with Crippen molar-refractivity contribution in [3.05, 3.63) is 0 Å². The normalized spacial score (nSPS) is 33.3. The molecule has 4 nitrogen and oxygen atoms in total. The molecule has 2 heterocycles. The molecule has 0 aromatic rings. The molecule has 3 unspecified atom stereocenters. The van der Waals surface area contributed by atoms with E-state index in [4.69, 9.17) is 18.9 Å². The van der Waals surface area contributed by atoms with Crippen LogP contribution in [0, 0.1) is 0 Å². The van der Waals surface area contributed by atoms with E-state index in [-0.39, 0.29) is 24.8 Å². The first-order valence-electron chi connectivity index (χ1n) is 7.39. The Morgan fingerprint density at radius 3 is 2.06 bits per heavy atom. The van der Waals surface area contributed by atoms with Crippen LogP contribution in [0.2, 0.25) is 0 Å². The van der Waals surface area contributed by atoms with Crippen molar-refractivity contribution in [2.24, 2.45) is 0 Å². The maximum atomic E-state index is 5.98. The number of unbranched alkanes of at least 4 members (excludes halogenated alkanes) is 2. The maximum absolute atomic E-state index is 5.98. The van der Waals surface area contributed by atoms with Gasteiger partial charge < -0.3 is 18.9 Å². The summed E-state index contributed by atoms with van der Waals surface area (Å²) in [5.41, 5.74) is 0. The van der Waals surface area contributed by atoms with Crippen LogP contribution in [0.1, 0.15) is 52.4 Å². The molecule has 2 fully saturated rings. The predicted molar refractivity (Wildman–Crippen MR) is 68.3 cm³/mol. The minimum atomic E-state index is -0.323. The molecule has 0 radical (unpaired) electrons. The van der Waals surface area contributed by atoms with E-state index in [9.17, 15) is 0 Å². The Balaban J connectivity index is 1.82. The van der Waals surface area contributed by atoms with E-state index in [0.717, 1.165) is 19.3 Å². The van der Waals surface area contributed by atoms with Crippen LogP contribution in [0.25, 0.3) is 0 Å². The molecule has 0 bridgehead atoms. The first-order valence-corrected chi connectivity index (χ1v) is 7.39. The Labute approximate surface area is 110 Å². The smallest absolute Gasteiger partial charge is 0.210 e. The van der Waals surface area contributed by atoms with E-state index in [0.29, 0.717) is 13.2 Å². The maximum Gasteiger partial charge on any atom is 0.210 e. The van der Waals surface area contributed by atoms with E-state index < -0.39 is 0 Å². The summed E-state index contributed by atoms with van der Waals surface area (Å²) in [6, 6.07) is 0. The summed E-state index contributed by atoms with van der Waals surface area (Å²) in [6.07, 6.45) is 6.77. The number of hydrogen-bond acceptors (Lipinski definition) is 4. The van der Waals surface area contributed by atoms with Crippen molar-refractivity contribution >= 4 is 0 Å². The molecule has 3 atom stereocenters. The molecule has 2 saturated heterocycles. The van der Waals surface area contributed by atoms with Crippen molar-refractivity contribution in [1.82, 2.24) is 0 Å². The lowest BCUT2D eigenvalue weighted by Crippen LogP contribution is -2.28. The van der Waals surface area contributed by atoms with E-state index in [1.165, 1.54) is 19.3 Å². The first-order chi connectivity index (χ1) is 8.85. The third kappa shape index (κ3) is 3.67. The van der Waals surface area contributed by atoms with Crippen molar-refractivity contribution in [3.63, 3.8) is 0 Å². The summed E-state index contributed by atoms with van der Waals surface area (Å²) >= 11 is 0. The standard InChI is InChI=1S/C14H26O4/c1-3-5-6-8-12-11(7-4-2)17-14(18-12)13-15-9-10-16-13/h11-14H,3-10H2,1-2H3. The van der Waals surface area contributed by atoms with Gasteiger partial charge in [-0.05, 0) is 12.8 Å². The molecule has 0 N–H and O–H groups in total.